The van der Waals surface area contributed by atoms with Gasteiger partial charge in [0.05, 0.1) is 19.1 Å². The van der Waals surface area contributed by atoms with Crippen LogP contribution in [0.4, 0.5) is 0 Å². The summed E-state index contributed by atoms with van der Waals surface area (Å²) in [4.78, 5) is 10.6. The van der Waals surface area contributed by atoms with Crippen molar-refractivity contribution in [3.05, 3.63) is 0 Å². The zero-order chi connectivity index (χ0) is 8.48. The smallest absolute Gasteiger partial charge is 0.306 e. The van der Waals surface area contributed by atoms with Gasteiger partial charge in [-0.2, -0.15) is 0 Å². The second-order valence-corrected chi connectivity index (χ2v) is 3.27. The Balaban J connectivity index is 2.61. The molecule has 1 rings (SSSR count). The lowest BCUT2D eigenvalue weighted by molar-refractivity contribution is -0.173. The standard InChI is InChI=1S/C8H14O3/c1-3-8(4-11-5-8)6(2)7(9)10/h6H,3-5H2,1-2H3,(H,9,10)/t6-/m0/s1. The summed E-state index contributed by atoms with van der Waals surface area (Å²) in [7, 11) is 0. The van der Waals surface area contributed by atoms with Crippen molar-refractivity contribution in [2.45, 2.75) is 20.3 Å². The zero-order valence-corrected chi connectivity index (χ0v) is 6.96. The van der Waals surface area contributed by atoms with Gasteiger partial charge in [0.2, 0.25) is 0 Å². The Morgan fingerprint density at radius 3 is 2.36 bits per heavy atom. The van der Waals surface area contributed by atoms with E-state index in [0.717, 1.165) is 6.42 Å². The molecule has 0 aromatic rings. The minimum Gasteiger partial charge on any atom is -0.481 e. The topological polar surface area (TPSA) is 46.5 Å². The summed E-state index contributed by atoms with van der Waals surface area (Å²) in [5.41, 5.74) is -0.0775. The number of hydrogen-bond acceptors (Lipinski definition) is 2. The predicted octanol–water partition coefficient (Wildman–Crippen LogP) is 1.13. The fourth-order valence-electron chi connectivity index (χ4n) is 1.39. The van der Waals surface area contributed by atoms with Crippen LogP contribution in [0.1, 0.15) is 20.3 Å². The molecule has 1 fully saturated rings. The molecule has 0 saturated carbocycles. The van der Waals surface area contributed by atoms with Crippen molar-refractivity contribution in [2.24, 2.45) is 11.3 Å². The van der Waals surface area contributed by atoms with Gasteiger partial charge in [-0.25, -0.2) is 0 Å². The van der Waals surface area contributed by atoms with Crippen molar-refractivity contribution >= 4 is 5.97 Å². The first kappa shape index (κ1) is 8.53. The lowest BCUT2D eigenvalue weighted by Crippen LogP contribution is -2.49. The average molecular weight is 158 g/mol. The third-order valence-electron chi connectivity index (χ3n) is 2.77. The van der Waals surface area contributed by atoms with E-state index in [2.05, 4.69) is 0 Å². The van der Waals surface area contributed by atoms with Gasteiger partial charge in [0.15, 0.2) is 0 Å². The molecule has 11 heavy (non-hydrogen) atoms. The Morgan fingerprint density at radius 1 is 1.73 bits per heavy atom. The van der Waals surface area contributed by atoms with Crippen LogP contribution in [0.5, 0.6) is 0 Å². The fourth-order valence-corrected chi connectivity index (χ4v) is 1.39. The van der Waals surface area contributed by atoms with E-state index in [4.69, 9.17) is 9.84 Å². The molecule has 0 radical (unpaired) electrons. The average Bonchev–Trinajstić information content (AvgIpc) is 1.86. The first-order chi connectivity index (χ1) is 5.12. The Morgan fingerprint density at radius 2 is 2.27 bits per heavy atom. The van der Waals surface area contributed by atoms with Gasteiger partial charge in [-0.3, -0.25) is 4.79 Å². The molecule has 3 nitrogen and oxygen atoms in total. The van der Waals surface area contributed by atoms with Gasteiger partial charge in [0.1, 0.15) is 0 Å². The van der Waals surface area contributed by atoms with Crippen molar-refractivity contribution in [2.75, 3.05) is 13.2 Å². The monoisotopic (exact) mass is 158 g/mol. The van der Waals surface area contributed by atoms with E-state index in [1.807, 2.05) is 6.92 Å². The van der Waals surface area contributed by atoms with Crippen LogP contribution in [0, 0.1) is 11.3 Å². The van der Waals surface area contributed by atoms with Gasteiger partial charge in [0, 0.05) is 5.41 Å². The molecule has 3 heteroatoms. The highest BCUT2D eigenvalue weighted by molar-refractivity contribution is 5.70. The molecular weight excluding hydrogens is 144 g/mol. The molecule has 0 amide bonds. The Kier molecular flexibility index (Phi) is 2.18. The summed E-state index contributed by atoms with van der Waals surface area (Å²) in [5.74, 6) is -0.989. The normalized spacial score (nSPS) is 23.8. The van der Waals surface area contributed by atoms with Crippen LogP contribution in [-0.4, -0.2) is 24.3 Å². The number of carboxylic acid groups (broad SMARTS) is 1. The maximum Gasteiger partial charge on any atom is 0.306 e. The first-order valence-corrected chi connectivity index (χ1v) is 3.93. The Labute approximate surface area is 66.4 Å². The Bertz CT molecular complexity index is 155. The summed E-state index contributed by atoms with van der Waals surface area (Å²) < 4.78 is 5.04. The number of ether oxygens (including phenoxy) is 1. The van der Waals surface area contributed by atoms with Gasteiger partial charge >= 0.3 is 5.97 Å². The van der Waals surface area contributed by atoms with Gasteiger partial charge in [-0.1, -0.05) is 13.8 Å². The SMILES string of the molecule is CCC1([C@@H](C)C(=O)O)COC1. The van der Waals surface area contributed by atoms with E-state index in [9.17, 15) is 4.79 Å². The van der Waals surface area contributed by atoms with Gasteiger partial charge in [-0.05, 0) is 6.42 Å². The summed E-state index contributed by atoms with van der Waals surface area (Å²) in [6.07, 6.45) is 0.889. The maximum absolute atomic E-state index is 10.6. The van der Waals surface area contributed by atoms with Gasteiger partial charge in [-0.15, -0.1) is 0 Å². The largest absolute Gasteiger partial charge is 0.481 e. The van der Waals surface area contributed by atoms with Crippen molar-refractivity contribution in [3.8, 4) is 0 Å². The lowest BCUT2D eigenvalue weighted by atomic mass is 9.72. The summed E-state index contributed by atoms with van der Waals surface area (Å²) in [6.45, 7) is 4.99. The Hall–Kier alpha value is -0.570. The summed E-state index contributed by atoms with van der Waals surface area (Å²) in [6, 6.07) is 0. The second kappa shape index (κ2) is 2.81. The highest BCUT2D eigenvalue weighted by Gasteiger charge is 2.45. The van der Waals surface area contributed by atoms with E-state index >= 15 is 0 Å². The molecule has 1 N–H and O–H groups in total. The third-order valence-corrected chi connectivity index (χ3v) is 2.77. The number of rotatable bonds is 3. The molecule has 1 saturated heterocycles. The van der Waals surface area contributed by atoms with Crippen LogP contribution in [0.25, 0.3) is 0 Å². The van der Waals surface area contributed by atoms with Crippen LogP contribution < -0.4 is 0 Å². The van der Waals surface area contributed by atoms with E-state index in [1.165, 1.54) is 0 Å². The molecule has 1 atom stereocenters. The molecule has 1 heterocycles. The van der Waals surface area contributed by atoms with E-state index in [1.54, 1.807) is 6.92 Å². The summed E-state index contributed by atoms with van der Waals surface area (Å²) in [5, 5.41) is 8.76. The van der Waals surface area contributed by atoms with Crippen LogP contribution >= 0.6 is 0 Å². The number of carbonyl (C=O) groups is 1. The van der Waals surface area contributed by atoms with Crippen LogP contribution in [0.3, 0.4) is 0 Å². The van der Waals surface area contributed by atoms with Crippen molar-refractivity contribution < 1.29 is 14.6 Å². The predicted molar refractivity (Wildman–Crippen MR) is 40.3 cm³/mol. The zero-order valence-electron chi connectivity index (χ0n) is 6.96. The van der Waals surface area contributed by atoms with E-state index < -0.39 is 5.97 Å². The van der Waals surface area contributed by atoms with Crippen molar-refractivity contribution in [3.63, 3.8) is 0 Å². The molecule has 1 aliphatic heterocycles. The van der Waals surface area contributed by atoms with Gasteiger partial charge in [0.25, 0.3) is 0 Å². The molecule has 0 aliphatic carbocycles. The molecule has 0 aromatic heterocycles. The second-order valence-electron chi connectivity index (χ2n) is 3.27. The maximum atomic E-state index is 10.6. The molecule has 0 unspecified atom stereocenters. The quantitative estimate of drug-likeness (QED) is 0.669. The molecule has 0 spiro atoms. The van der Waals surface area contributed by atoms with E-state index in [-0.39, 0.29) is 11.3 Å². The van der Waals surface area contributed by atoms with E-state index in [0.29, 0.717) is 13.2 Å². The lowest BCUT2D eigenvalue weighted by Gasteiger charge is -2.43. The minimum absolute atomic E-state index is 0.0775. The number of aliphatic carboxylic acids is 1. The summed E-state index contributed by atoms with van der Waals surface area (Å²) >= 11 is 0. The molecule has 1 aliphatic rings. The molecule has 0 aromatic carbocycles. The first-order valence-electron chi connectivity index (χ1n) is 3.93. The molecular formula is C8H14O3. The third kappa shape index (κ3) is 1.25. The highest BCUT2D eigenvalue weighted by Crippen LogP contribution is 2.38. The highest BCUT2D eigenvalue weighted by atomic mass is 16.5. The fraction of sp³-hybridized carbons (Fsp3) is 0.875. The molecule has 0 bridgehead atoms. The van der Waals surface area contributed by atoms with Crippen LogP contribution in [0.15, 0.2) is 0 Å². The van der Waals surface area contributed by atoms with Crippen LogP contribution in [0.2, 0.25) is 0 Å². The van der Waals surface area contributed by atoms with Crippen molar-refractivity contribution in [1.29, 1.82) is 0 Å². The van der Waals surface area contributed by atoms with Crippen LogP contribution in [-0.2, 0) is 9.53 Å². The molecule has 64 valence electrons. The number of hydrogen-bond donors (Lipinski definition) is 1. The number of carboxylic acids is 1. The minimum atomic E-state index is -0.713. The van der Waals surface area contributed by atoms with Crippen molar-refractivity contribution in [1.82, 2.24) is 0 Å². The van der Waals surface area contributed by atoms with Gasteiger partial charge < -0.3 is 9.84 Å².